The molecule has 2 aromatic carbocycles. The van der Waals surface area contributed by atoms with Crippen LogP contribution in [-0.4, -0.2) is 28.8 Å². The van der Waals surface area contributed by atoms with Crippen molar-refractivity contribution in [1.82, 2.24) is 0 Å². The van der Waals surface area contributed by atoms with Gasteiger partial charge in [-0.05, 0) is 17.7 Å². The molecule has 1 unspecified atom stereocenters. The van der Waals surface area contributed by atoms with Crippen molar-refractivity contribution in [3.8, 4) is 5.75 Å². The van der Waals surface area contributed by atoms with Crippen molar-refractivity contribution in [2.45, 2.75) is 4.90 Å². The number of nitrogens with zero attached hydrogens (tertiary/aromatic N) is 3. The van der Waals surface area contributed by atoms with Gasteiger partial charge in [-0.25, -0.2) is 0 Å². The fraction of sp³-hybridized carbons (Fsp3) is 0.0500. The number of nitro benzene ring substituents is 1. The third-order valence-electron chi connectivity index (χ3n) is 4.81. The normalized spacial score (nSPS) is 18.2. The van der Waals surface area contributed by atoms with E-state index in [-0.39, 0.29) is 27.9 Å². The van der Waals surface area contributed by atoms with Gasteiger partial charge < -0.3 is 5.11 Å². The Balaban J connectivity index is 1.86. The maximum Gasteiger partial charge on any atom is 0.295 e. The number of nitro groups is 1. The predicted octanol–water partition coefficient (Wildman–Crippen LogP) is 3.92. The summed E-state index contributed by atoms with van der Waals surface area (Å²) < 4.78 is 32.9. The van der Waals surface area contributed by atoms with E-state index in [0.29, 0.717) is 0 Å². The summed E-state index contributed by atoms with van der Waals surface area (Å²) >= 11 is 0. The predicted molar refractivity (Wildman–Crippen MR) is 110 cm³/mol. The Hall–Kier alpha value is -3.96. The smallest absolute Gasteiger partial charge is 0.295 e. The van der Waals surface area contributed by atoms with Crippen LogP contribution in [-0.2, 0) is 14.9 Å². The zero-order valence-electron chi connectivity index (χ0n) is 15.5. The summed E-state index contributed by atoms with van der Waals surface area (Å²) in [6.07, 6.45) is 10.2. The molecule has 0 saturated carbocycles. The Morgan fingerprint density at radius 2 is 1.84 bits per heavy atom. The standard InChI is InChI=1S/C20H13N3O7S/c24-17-10-18(31(28,29)30)15-9-12(23(26)27)6-7-14(15)19(17)22-21-16-8-5-11-3-1-2-4-13(11)20(16)25/h1-10,13,24H,(H,28,29,30). The number of allylic oxidation sites excluding steroid dienone is 8. The number of hydrogen-bond donors (Lipinski definition) is 2. The maximum absolute atomic E-state index is 12.6. The number of fused-ring (bicyclic) bond motifs is 2. The van der Waals surface area contributed by atoms with E-state index >= 15 is 0 Å². The average Bonchev–Trinajstić information content (AvgIpc) is 2.73. The van der Waals surface area contributed by atoms with Gasteiger partial charge in [0.25, 0.3) is 15.8 Å². The number of phenolic OH excluding ortho intramolecular Hbond substituents is 1. The summed E-state index contributed by atoms with van der Waals surface area (Å²) in [7, 11) is -4.81. The van der Waals surface area contributed by atoms with Gasteiger partial charge in [-0.15, -0.1) is 10.2 Å². The van der Waals surface area contributed by atoms with Crippen LogP contribution >= 0.6 is 0 Å². The quantitative estimate of drug-likeness (QED) is 0.316. The number of phenols is 1. The molecule has 2 aromatic rings. The third-order valence-corrected chi connectivity index (χ3v) is 5.71. The number of aromatic hydroxyl groups is 1. The second-order valence-corrected chi connectivity index (χ2v) is 8.10. The van der Waals surface area contributed by atoms with Gasteiger partial charge in [0.1, 0.15) is 22.0 Å². The van der Waals surface area contributed by atoms with Crippen LogP contribution in [0.3, 0.4) is 0 Å². The molecule has 4 rings (SSSR count). The lowest BCUT2D eigenvalue weighted by atomic mass is 9.86. The van der Waals surface area contributed by atoms with Gasteiger partial charge in [-0.1, -0.05) is 30.4 Å². The molecule has 2 aliphatic carbocycles. The number of carbonyl (C=O) groups is 1. The molecular weight excluding hydrogens is 426 g/mol. The van der Waals surface area contributed by atoms with Gasteiger partial charge in [0.05, 0.1) is 10.8 Å². The van der Waals surface area contributed by atoms with Crippen LogP contribution < -0.4 is 0 Å². The largest absolute Gasteiger partial charge is 0.506 e. The molecule has 0 radical (unpaired) electrons. The summed E-state index contributed by atoms with van der Waals surface area (Å²) in [5, 5.41) is 29.0. The average molecular weight is 439 g/mol. The number of carbonyl (C=O) groups excluding carboxylic acids is 1. The molecule has 2 aliphatic rings. The Morgan fingerprint density at radius 3 is 2.55 bits per heavy atom. The number of rotatable bonds is 4. The summed E-state index contributed by atoms with van der Waals surface area (Å²) in [5.41, 5.74) is 0.178. The Bertz CT molecular complexity index is 1420. The molecule has 0 aliphatic heterocycles. The monoisotopic (exact) mass is 439 g/mol. The molecule has 156 valence electrons. The summed E-state index contributed by atoms with van der Waals surface area (Å²) in [6, 6.07) is 3.93. The van der Waals surface area contributed by atoms with Gasteiger partial charge in [0.2, 0.25) is 0 Å². The van der Waals surface area contributed by atoms with Crippen LogP contribution in [0.4, 0.5) is 11.4 Å². The maximum atomic E-state index is 12.6. The molecule has 0 bridgehead atoms. The van der Waals surface area contributed by atoms with Gasteiger partial charge >= 0.3 is 0 Å². The van der Waals surface area contributed by atoms with Crippen molar-refractivity contribution in [3.05, 3.63) is 82.1 Å². The van der Waals surface area contributed by atoms with Gasteiger partial charge in [0, 0.05) is 29.0 Å². The van der Waals surface area contributed by atoms with Gasteiger partial charge in [-0.2, -0.15) is 8.42 Å². The summed E-state index contributed by atoms with van der Waals surface area (Å²) in [4.78, 5) is 22.3. The van der Waals surface area contributed by atoms with Crippen LogP contribution in [0.25, 0.3) is 10.8 Å². The molecule has 0 fully saturated rings. The number of azo groups is 1. The highest BCUT2D eigenvalue weighted by Gasteiger charge is 2.27. The van der Waals surface area contributed by atoms with E-state index in [1.165, 1.54) is 12.1 Å². The Labute approximate surface area is 175 Å². The number of non-ortho nitro benzene ring substituents is 1. The van der Waals surface area contributed by atoms with E-state index in [2.05, 4.69) is 10.2 Å². The van der Waals surface area contributed by atoms with Crippen molar-refractivity contribution in [2.75, 3.05) is 0 Å². The Kier molecular flexibility index (Phi) is 4.84. The molecule has 0 spiro atoms. The highest BCUT2D eigenvalue weighted by atomic mass is 32.2. The lowest BCUT2D eigenvalue weighted by Gasteiger charge is -2.18. The van der Waals surface area contributed by atoms with Crippen LogP contribution in [0.2, 0.25) is 0 Å². The van der Waals surface area contributed by atoms with Crippen LogP contribution in [0, 0.1) is 16.0 Å². The molecule has 11 heteroatoms. The lowest BCUT2D eigenvalue weighted by molar-refractivity contribution is -0.384. The zero-order chi connectivity index (χ0) is 22.3. The number of Topliss-reactive ketones (excluding diaryl/α,β-unsaturated/α-hetero) is 1. The highest BCUT2D eigenvalue weighted by Crippen LogP contribution is 2.41. The van der Waals surface area contributed by atoms with E-state index in [1.54, 1.807) is 30.4 Å². The second kappa shape index (κ2) is 7.38. The summed E-state index contributed by atoms with van der Waals surface area (Å²) in [6.45, 7) is 0. The van der Waals surface area contributed by atoms with Crippen LogP contribution in [0.5, 0.6) is 5.75 Å². The van der Waals surface area contributed by atoms with Crippen LogP contribution in [0.15, 0.2) is 87.1 Å². The highest BCUT2D eigenvalue weighted by molar-refractivity contribution is 7.86. The third kappa shape index (κ3) is 3.67. The van der Waals surface area contributed by atoms with Gasteiger partial charge in [0.15, 0.2) is 5.78 Å². The van der Waals surface area contributed by atoms with E-state index in [1.807, 2.05) is 0 Å². The molecule has 0 aromatic heterocycles. The molecule has 1 atom stereocenters. The van der Waals surface area contributed by atoms with Crippen LogP contribution in [0.1, 0.15) is 0 Å². The second-order valence-electron chi connectivity index (χ2n) is 6.71. The number of hydrogen-bond acceptors (Lipinski definition) is 8. The zero-order valence-corrected chi connectivity index (χ0v) is 16.4. The minimum Gasteiger partial charge on any atom is -0.506 e. The van der Waals surface area contributed by atoms with E-state index in [0.717, 1.165) is 23.8 Å². The molecule has 0 amide bonds. The Morgan fingerprint density at radius 1 is 1.06 bits per heavy atom. The van der Waals surface area contributed by atoms with E-state index in [4.69, 9.17) is 0 Å². The fourth-order valence-corrected chi connectivity index (χ4v) is 4.05. The number of ketones is 1. The summed E-state index contributed by atoms with van der Waals surface area (Å²) in [5.74, 6) is -1.45. The first-order valence-electron chi connectivity index (χ1n) is 8.81. The molecule has 0 heterocycles. The van der Waals surface area contributed by atoms with Crippen molar-refractivity contribution in [3.63, 3.8) is 0 Å². The minimum atomic E-state index is -4.81. The molecule has 10 nitrogen and oxygen atoms in total. The van der Waals surface area contributed by atoms with Crippen molar-refractivity contribution in [2.24, 2.45) is 16.1 Å². The molecule has 2 N–H and O–H groups in total. The van der Waals surface area contributed by atoms with E-state index in [9.17, 15) is 33.0 Å². The van der Waals surface area contributed by atoms with E-state index < -0.39 is 37.3 Å². The first kappa shape index (κ1) is 20.3. The first-order valence-corrected chi connectivity index (χ1v) is 10.2. The van der Waals surface area contributed by atoms with Crippen molar-refractivity contribution >= 4 is 38.0 Å². The SMILES string of the molecule is O=C1C(N=Nc2c(O)cc(S(=O)(=O)O)c3cc([N+](=O)[O-])ccc23)=CC=C2C=CC=CC12. The number of benzene rings is 2. The van der Waals surface area contributed by atoms with Crippen molar-refractivity contribution in [1.29, 1.82) is 0 Å². The molecule has 31 heavy (non-hydrogen) atoms. The topological polar surface area (TPSA) is 160 Å². The minimum absolute atomic E-state index is 0.0115. The molecular formula is C20H13N3O7S. The van der Waals surface area contributed by atoms with Gasteiger partial charge in [-0.3, -0.25) is 19.5 Å². The van der Waals surface area contributed by atoms with Crippen molar-refractivity contribution < 1.29 is 27.8 Å². The molecule has 0 saturated heterocycles. The lowest BCUT2D eigenvalue weighted by Crippen LogP contribution is -2.19. The fourth-order valence-electron chi connectivity index (χ4n) is 3.34. The first-order chi connectivity index (χ1) is 14.7.